The zero-order valence-electron chi connectivity index (χ0n) is 16.4. The highest BCUT2D eigenvalue weighted by Crippen LogP contribution is 2.12. The molecule has 0 atom stereocenters. The summed E-state index contributed by atoms with van der Waals surface area (Å²) in [6.07, 6.45) is 0.940. The summed E-state index contributed by atoms with van der Waals surface area (Å²) in [4.78, 5) is 16.5. The van der Waals surface area contributed by atoms with Gasteiger partial charge >= 0.3 is 0 Å². The van der Waals surface area contributed by atoms with Gasteiger partial charge in [-0.3, -0.25) is 14.6 Å². The van der Waals surface area contributed by atoms with Gasteiger partial charge in [-0.1, -0.05) is 18.2 Å². The maximum Gasteiger partial charge on any atom is 0.234 e. The number of hydrogen-bond acceptors (Lipinski definition) is 4. The van der Waals surface area contributed by atoms with E-state index in [4.69, 9.17) is 4.74 Å². The van der Waals surface area contributed by atoms with Crippen molar-refractivity contribution in [3.63, 3.8) is 0 Å². The third-order valence-corrected chi connectivity index (χ3v) is 4.91. The Morgan fingerprint density at radius 3 is 2.48 bits per heavy atom. The molecule has 2 aromatic carbocycles. The second-order valence-electron chi connectivity index (χ2n) is 7.15. The van der Waals surface area contributed by atoms with E-state index in [2.05, 4.69) is 15.1 Å². The minimum Gasteiger partial charge on any atom is -0.492 e. The third kappa shape index (κ3) is 7.11. The largest absolute Gasteiger partial charge is 0.492 e. The Labute approximate surface area is 170 Å². The minimum absolute atomic E-state index is 0.0461. The average Bonchev–Trinajstić information content (AvgIpc) is 2.93. The highest BCUT2D eigenvalue weighted by atomic mass is 19.1. The van der Waals surface area contributed by atoms with Crippen LogP contribution in [0.15, 0.2) is 48.5 Å². The van der Waals surface area contributed by atoms with E-state index in [1.165, 1.54) is 18.2 Å². The first-order valence-corrected chi connectivity index (χ1v) is 9.93. The first-order valence-electron chi connectivity index (χ1n) is 9.93. The van der Waals surface area contributed by atoms with Crippen molar-refractivity contribution in [3.8, 4) is 5.75 Å². The first kappa shape index (κ1) is 21.2. The van der Waals surface area contributed by atoms with Crippen LogP contribution < -0.4 is 10.1 Å². The number of hydrogen-bond donors (Lipinski definition) is 1. The summed E-state index contributed by atoms with van der Waals surface area (Å²) >= 11 is 0. The van der Waals surface area contributed by atoms with Gasteiger partial charge in [0.15, 0.2) is 0 Å². The number of halogens is 2. The molecule has 0 aliphatic carbocycles. The Bertz CT molecular complexity index is 786. The molecule has 0 aromatic heterocycles. The van der Waals surface area contributed by atoms with E-state index in [0.717, 1.165) is 32.6 Å². The topological polar surface area (TPSA) is 44.8 Å². The zero-order valence-corrected chi connectivity index (χ0v) is 16.4. The molecule has 0 unspecified atom stereocenters. The molecule has 1 amide bonds. The molecule has 0 saturated carbocycles. The van der Waals surface area contributed by atoms with Crippen LogP contribution in [0.5, 0.6) is 5.75 Å². The third-order valence-electron chi connectivity index (χ3n) is 4.91. The summed E-state index contributed by atoms with van der Waals surface area (Å²) in [6, 6.07) is 12.6. The summed E-state index contributed by atoms with van der Waals surface area (Å²) in [5.74, 6) is 0.0461. The molecule has 0 radical (unpaired) electrons. The van der Waals surface area contributed by atoms with Crippen molar-refractivity contribution < 1.29 is 18.3 Å². The fourth-order valence-electron chi connectivity index (χ4n) is 3.36. The molecule has 1 heterocycles. The summed E-state index contributed by atoms with van der Waals surface area (Å²) in [5, 5.41) is 2.85. The fraction of sp³-hybridized carbons (Fsp3) is 0.409. The number of nitrogens with zero attached hydrogens (tertiary/aromatic N) is 2. The van der Waals surface area contributed by atoms with E-state index in [9.17, 15) is 13.6 Å². The number of carbonyl (C=O) groups is 1. The van der Waals surface area contributed by atoms with Gasteiger partial charge in [0.25, 0.3) is 0 Å². The van der Waals surface area contributed by atoms with Crippen molar-refractivity contribution in [1.29, 1.82) is 0 Å². The molecule has 1 aliphatic heterocycles. The predicted molar refractivity (Wildman–Crippen MR) is 108 cm³/mol. The fourth-order valence-corrected chi connectivity index (χ4v) is 3.36. The van der Waals surface area contributed by atoms with Crippen molar-refractivity contribution in [2.45, 2.75) is 13.0 Å². The smallest absolute Gasteiger partial charge is 0.234 e. The van der Waals surface area contributed by atoms with Gasteiger partial charge in [0.1, 0.15) is 24.0 Å². The Hall–Kier alpha value is -2.51. The monoisotopic (exact) mass is 403 g/mol. The molecule has 2 aromatic rings. The second kappa shape index (κ2) is 10.9. The van der Waals surface area contributed by atoms with Gasteiger partial charge < -0.3 is 10.1 Å². The summed E-state index contributed by atoms with van der Waals surface area (Å²) in [6.45, 7) is 4.95. The molecular weight excluding hydrogens is 376 g/mol. The molecule has 0 bridgehead atoms. The van der Waals surface area contributed by atoms with Gasteiger partial charge in [-0.2, -0.15) is 0 Å². The number of carbonyl (C=O) groups excluding carboxylic acids is 1. The van der Waals surface area contributed by atoms with Crippen LogP contribution in [0.3, 0.4) is 0 Å². The standard InChI is InChI=1S/C22H27F2N3O2/c23-19-6-8-20(9-7-19)29-15-10-25-22(28)17-27-12-3-11-26(13-14-27)16-18-4-1-2-5-21(18)24/h1-2,4-9H,3,10-17H2,(H,25,28). The Kier molecular flexibility index (Phi) is 7.95. The SMILES string of the molecule is O=C(CN1CCCN(Cc2ccccc2F)CC1)NCCOc1ccc(F)cc1. The van der Waals surface area contributed by atoms with Crippen LogP contribution in [-0.2, 0) is 11.3 Å². The van der Waals surface area contributed by atoms with E-state index >= 15 is 0 Å². The highest BCUT2D eigenvalue weighted by molar-refractivity contribution is 5.78. The lowest BCUT2D eigenvalue weighted by atomic mass is 10.2. The molecular formula is C22H27F2N3O2. The zero-order chi connectivity index (χ0) is 20.5. The molecule has 3 rings (SSSR count). The Balaban J connectivity index is 1.34. The summed E-state index contributed by atoms with van der Waals surface area (Å²) < 4.78 is 32.2. The maximum absolute atomic E-state index is 13.9. The quantitative estimate of drug-likeness (QED) is 0.689. The van der Waals surface area contributed by atoms with Crippen molar-refractivity contribution in [3.05, 3.63) is 65.7 Å². The van der Waals surface area contributed by atoms with Crippen LogP contribution in [0.2, 0.25) is 0 Å². The van der Waals surface area contributed by atoms with Crippen LogP contribution in [-0.4, -0.2) is 61.6 Å². The predicted octanol–water partition coefficient (Wildman–Crippen LogP) is 2.67. The lowest BCUT2D eigenvalue weighted by molar-refractivity contribution is -0.122. The van der Waals surface area contributed by atoms with Crippen LogP contribution in [0.4, 0.5) is 8.78 Å². The molecule has 5 nitrogen and oxygen atoms in total. The molecule has 1 N–H and O–H groups in total. The van der Waals surface area contributed by atoms with Gasteiger partial charge in [-0.15, -0.1) is 0 Å². The van der Waals surface area contributed by atoms with Gasteiger partial charge in [0.05, 0.1) is 13.1 Å². The van der Waals surface area contributed by atoms with E-state index < -0.39 is 0 Å². The Morgan fingerprint density at radius 2 is 1.69 bits per heavy atom. The first-order chi connectivity index (χ1) is 14.1. The number of amides is 1. The van der Waals surface area contributed by atoms with Crippen LogP contribution in [0.1, 0.15) is 12.0 Å². The van der Waals surface area contributed by atoms with Crippen molar-refractivity contribution in [2.75, 3.05) is 45.9 Å². The number of benzene rings is 2. The molecule has 0 spiro atoms. The normalized spacial score (nSPS) is 15.7. The minimum atomic E-state index is -0.310. The Morgan fingerprint density at radius 1 is 0.966 bits per heavy atom. The van der Waals surface area contributed by atoms with Gasteiger partial charge in [-0.25, -0.2) is 8.78 Å². The lowest BCUT2D eigenvalue weighted by Gasteiger charge is -2.21. The van der Waals surface area contributed by atoms with Crippen molar-refractivity contribution >= 4 is 5.91 Å². The van der Waals surface area contributed by atoms with E-state index in [0.29, 0.717) is 37.6 Å². The van der Waals surface area contributed by atoms with E-state index in [1.807, 2.05) is 12.1 Å². The number of rotatable bonds is 8. The van der Waals surface area contributed by atoms with E-state index in [-0.39, 0.29) is 17.5 Å². The molecule has 1 aliphatic rings. The summed E-state index contributed by atoms with van der Waals surface area (Å²) in [7, 11) is 0. The van der Waals surface area contributed by atoms with Crippen LogP contribution in [0, 0.1) is 11.6 Å². The maximum atomic E-state index is 13.9. The van der Waals surface area contributed by atoms with E-state index in [1.54, 1.807) is 18.2 Å². The average molecular weight is 403 g/mol. The van der Waals surface area contributed by atoms with Crippen molar-refractivity contribution in [1.82, 2.24) is 15.1 Å². The van der Waals surface area contributed by atoms with Crippen molar-refractivity contribution in [2.24, 2.45) is 0 Å². The van der Waals surface area contributed by atoms with Crippen LogP contribution in [0.25, 0.3) is 0 Å². The molecule has 29 heavy (non-hydrogen) atoms. The molecule has 7 heteroatoms. The van der Waals surface area contributed by atoms with Gasteiger partial charge in [-0.05, 0) is 49.8 Å². The van der Waals surface area contributed by atoms with Crippen LogP contribution >= 0.6 is 0 Å². The van der Waals surface area contributed by atoms with Gasteiger partial charge in [0, 0.05) is 25.2 Å². The molecule has 156 valence electrons. The molecule has 1 fully saturated rings. The number of ether oxygens (including phenoxy) is 1. The second-order valence-corrected chi connectivity index (χ2v) is 7.15. The highest BCUT2D eigenvalue weighted by Gasteiger charge is 2.18. The lowest BCUT2D eigenvalue weighted by Crippen LogP contribution is -2.40. The molecule has 1 saturated heterocycles. The van der Waals surface area contributed by atoms with Gasteiger partial charge in [0.2, 0.25) is 5.91 Å². The summed E-state index contributed by atoms with van der Waals surface area (Å²) in [5.41, 5.74) is 0.708. The number of nitrogens with one attached hydrogen (secondary N) is 1.